The van der Waals surface area contributed by atoms with Crippen LogP contribution in [0.15, 0.2) is 24.0 Å². The van der Waals surface area contributed by atoms with Gasteiger partial charge < -0.3 is 20.1 Å². The second kappa shape index (κ2) is 12.1. The van der Waals surface area contributed by atoms with Crippen molar-refractivity contribution in [1.29, 1.82) is 0 Å². The molecule has 1 rings (SSSR count). The lowest BCUT2D eigenvalue weighted by Crippen LogP contribution is -2.19. The molecule has 0 aromatic rings. The van der Waals surface area contributed by atoms with Crippen LogP contribution in [-0.2, 0) is 9.53 Å². The zero-order valence-electron chi connectivity index (χ0n) is 16.4. The molecule has 26 heavy (non-hydrogen) atoms. The van der Waals surface area contributed by atoms with Crippen LogP contribution in [0.5, 0.6) is 0 Å². The van der Waals surface area contributed by atoms with Crippen LogP contribution < -0.4 is 0 Å². The summed E-state index contributed by atoms with van der Waals surface area (Å²) in [5, 5.41) is 29.0. The Hall–Kier alpha value is -1.33. The topological polar surface area (TPSA) is 87.0 Å². The first-order valence-corrected chi connectivity index (χ1v) is 9.94. The molecule has 1 aliphatic rings. The number of carboxylic acids is 1. The normalized spacial score (nSPS) is 27.8. The quantitative estimate of drug-likeness (QED) is 0.275. The number of allylic oxidation sites excluding steroid dienone is 2. The molecule has 1 saturated carbocycles. The maximum atomic E-state index is 10.5. The zero-order valence-corrected chi connectivity index (χ0v) is 16.4. The average Bonchev–Trinajstić information content (AvgIpc) is 2.83. The van der Waals surface area contributed by atoms with Crippen molar-refractivity contribution in [3.63, 3.8) is 0 Å². The SMILES string of the molecule is CCCCC[C@H](O)/C=C/[C@@H]1[C@@H](C)[C@@H](O/C(C)=C\CCCC(=O)O)C[C@H]1O. The van der Waals surface area contributed by atoms with E-state index in [9.17, 15) is 15.0 Å². The van der Waals surface area contributed by atoms with Gasteiger partial charge in [-0.1, -0.05) is 45.3 Å². The van der Waals surface area contributed by atoms with E-state index in [1.165, 1.54) is 0 Å². The molecular weight excluding hydrogens is 332 g/mol. The summed E-state index contributed by atoms with van der Waals surface area (Å²) >= 11 is 0. The Balaban J connectivity index is 2.46. The second-order valence-electron chi connectivity index (χ2n) is 7.44. The standard InChI is InChI=1S/C21H36O5/c1-4-5-6-10-17(22)12-13-18-16(3)20(14-19(18)23)26-15(2)9-7-8-11-21(24)25/h9,12-13,16-20,22-23H,4-8,10-11,14H2,1-3H3,(H,24,25)/b13-12+,15-9-/t16-,17+,18-,19-,20+/m1/s1. The Morgan fingerprint density at radius 3 is 2.69 bits per heavy atom. The van der Waals surface area contributed by atoms with E-state index in [-0.39, 0.29) is 24.4 Å². The van der Waals surface area contributed by atoms with Crippen molar-refractivity contribution in [2.75, 3.05) is 0 Å². The third-order valence-corrected chi connectivity index (χ3v) is 5.13. The minimum atomic E-state index is -0.781. The minimum Gasteiger partial charge on any atom is -0.495 e. The van der Waals surface area contributed by atoms with E-state index < -0.39 is 18.2 Å². The number of unbranched alkanes of at least 4 members (excludes halogenated alkanes) is 3. The molecule has 0 saturated heterocycles. The number of ether oxygens (including phenoxy) is 1. The van der Waals surface area contributed by atoms with Gasteiger partial charge in [-0.05, 0) is 32.3 Å². The molecule has 5 nitrogen and oxygen atoms in total. The Labute approximate surface area is 157 Å². The number of rotatable bonds is 12. The van der Waals surface area contributed by atoms with Crippen LogP contribution in [0.3, 0.4) is 0 Å². The highest BCUT2D eigenvalue weighted by atomic mass is 16.5. The Morgan fingerprint density at radius 1 is 1.31 bits per heavy atom. The molecule has 0 bridgehead atoms. The van der Waals surface area contributed by atoms with Crippen molar-refractivity contribution >= 4 is 5.97 Å². The van der Waals surface area contributed by atoms with E-state index in [0.717, 1.165) is 31.4 Å². The fraction of sp³-hybridized carbons (Fsp3) is 0.762. The van der Waals surface area contributed by atoms with Crippen LogP contribution in [0.25, 0.3) is 0 Å². The first kappa shape index (κ1) is 22.7. The molecule has 0 unspecified atom stereocenters. The van der Waals surface area contributed by atoms with Crippen LogP contribution >= 0.6 is 0 Å². The van der Waals surface area contributed by atoms with E-state index in [2.05, 4.69) is 13.8 Å². The molecule has 3 N–H and O–H groups in total. The van der Waals surface area contributed by atoms with Gasteiger partial charge in [0.05, 0.1) is 18.0 Å². The molecule has 0 aliphatic heterocycles. The molecule has 5 heteroatoms. The van der Waals surface area contributed by atoms with E-state index in [1.807, 2.05) is 25.2 Å². The lowest BCUT2D eigenvalue weighted by molar-refractivity contribution is -0.137. The minimum absolute atomic E-state index is 0.0133. The maximum absolute atomic E-state index is 10.5. The van der Waals surface area contributed by atoms with Gasteiger partial charge in [0.25, 0.3) is 0 Å². The molecule has 0 radical (unpaired) electrons. The predicted molar refractivity (Wildman–Crippen MR) is 103 cm³/mol. The number of carboxylic acid groups (broad SMARTS) is 1. The Bertz CT molecular complexity index is 471. The number of hydrogen-bond acceptors (Lipinski definition) is 4. The smallest absolute Gasteiger partial charge is 0.303 e. The fourth-order valence-corrected chi connectivity index (χ4v) is 3.47. The second-order valence-corrected chi connectivity index (χ2v) is 7.44. The van der Waals surface area contributed by atoms with Crippen molar-refractivity contribution in [2.24, 2.45) is 11.8 Å². The summed E-state index contributed by atoms with van der Waals surface area (Å²) in [7, 11) is 0. The Morgan fingerprint density at radius 2 is 2.04 bits per heavy atom. The molecule has 0 aromatic heterocycles. The number of aliphatic hydroxyl groups is 2. The molecule has 0 amide bonds. The molecule has 1 aliphatic carbocycles. The van der Waals surface area contributed by atoms with E-state index in [4.69, 9.17) is 9.84 Å². The lowest BCUT2D eigenvalue weighted by atomic mass is 9.94. The number of aliphatic hydroxyl groups excluding tert-OH is 2. The van der Waals surface area contributed by atoms with Crippen molar-refractivity contribution in [3.8, 4) is 0 Å². The molecule has 0 spiro atoms. The van der Waals surface area contributed by atoms with Gasteiger partial charge in [0.15, 0.2) is 0 Å². The largest absolute Gasteiger partial charge is 0.495 e. The van der Waals surface area contributed by atoms with Gasteiger partial charge in [-0.2, -0.15) is 0 Å². The Kier molecular flexibility index (Phi) is 10.6. The molecule has 5 atom stereocenters. The fourth-order valence-electron chi connectivity index (χ4n) is 3.47. The van der Waals surface area contributed by atoms with Crippen molar-refractivity contribution in [1.82, 2.24) is 0 Å². The summed E-state index contributed by atoms with van der Waals surface area (Å²) in [6, 6.07) is 0. The summed E-state index contributed by atoms with van der Waals surface area (Å²) < 4.78 is 5.97. The first-order chi connectivity index (χ1) is 12.3. The van der Waals surface area contributed by atoms with Crippen LogP contribution in [0.2, 0.25) is 0 Å². The summed E-state index contributed by atoms with van der Waals surface area (Å²) in [5.74, 6) is 0.145. The summed E-state index contributed by atoms with van der Waals surface area (Å²) in [4.78, 5) is 10.5. The number of aliphatic carboxylic acids is 1. The zero-order chi connectivity index (χ0) is 19.5. The summed E-state index contributed by atoms with van der Waals surface area (Å²) in [5.41, 5.74) is 0. The summed E-state index contributed by atoms with van der Waals surface area (Å²) in [6.07, 6.45) is 10.8. The third kappa shape index (κ3) is 8.37. The lowest BCUT2D eigenvalue weighted by Gasteiger charge is -2.21. The van der Waals surface area contributed by atoms with Crippen molar-refractivity contribution < 1.29 is 24.9 Å². The van der Waals surface area contributed by atoms with Crippen molar-refractivity contribution in [3.05, 3.63) is 24.0 Å². The van der Waals surface area contributed by atoms with Crippen LogP contribution in [-0.4, -0.2) is 39.6 Å². The number of hydrogen-bond donors (Lipinski definition) is 3. The highest BCUT2D eigenvalue weighted by Gasteiger charge is 2.39. The first-order valence-electron chi connectivity index (χ1n) is 9.94. The van der Waals surface area contributed by atoms with Crippen LogP contribution in [0, 0.1) is 11.8 Å². The molecular formula is C21H36O5. The van der Waals surface area contributed by atoms with Gasteiger partial charge in [0, 0.05) is 24.7 Å². The van der Waals surface area contributed by atoms with Crippen LogP contribution in [0.1, 0.15) is 72.1 Å². The van der Waals surface area contributed by atoms with E-state index in [0.29, 0.717) is 19.3 Å². The van der Waals surface area contributed by atoms with Gasteiger partial charge in [0.2, 0.25) is 0 Å². The van der Waals surface area contributed by atoms with Crippen LogP contribution in [0.4, 0.5) is 0 Å². The molecule has 150 valence electrons. The van der Waals surface area contributed by atoms with Gasteiger partial charge in [-0.3, -0.25) is 4.79 Å². The average molecular weight is 369 g/mol. The van der Waals surface area contributed by atoms with E-state index >= 15 is 0 Å². The highest BCUT2D eigenvalue weighted by Crippen LogP contribution is 2.36. The third-order valence-electron chi connectivity index (χ3n) is 5.13. The predicted octanol–water partition coefficient (Wildman–Crippen LogP) is 4.04. The molecule has 1 fully saturated rings. The highest BCUT2D eigenvalue weighted by molar-refractivity contribution is 5.66. The van der Waals surface area contributed by atoms with Gasteiger partial charge in [-0.15, -0.1) is 0 Å². The summed E-state index contributed by atoms with van der Waals surface area (Å²) in [6.45, 7) is 6.08. The van der Waals surface area contributed by atoms with Gasteiger partial charge in [-0.25, -0.2) is 0 Å². The van der Waals surface area contributed by atoms with Gasteiger partial charge in [0.1, 0.15) is 6.10 Å². The van der Waals surface area contributed by atoms with Crippen molar-refractivity contribution in [2.45, 2.75) is 90.4 Å². The number of carbonyl (C=O) groups is 1. The molecule has 0 heterocycles. The maximum Gasteiger partial charge on any atom is 0.303 e. The molecule has 0 aromatic carbocycles. The monoisotopic (exact) mass is 368 g/mol. The van der Waals surface area contributed by atoms with Gasteiger partial charge >= 0.3 is 5.97 Å². The van der Waals surface area contributed by atoms with E-state index in [1.54, 1.807) is 0 Å².